The van der Waals surface area contributed by atoms with Gasteiger partial charge in [-0.3, -0.25) is 0 Å². The lowest BCUT2D eigenvalue weighted by atomic mass is 9.79. The molecule has 0 fully saturated rings. The van der Waals surface area contributed by atoms with Crippen LogP contribution in [0.25, 0.3) is 10.1 Å². The summed E-state index contributed by atoms with van der Waals surface area (Å²) in [4.78, 5) is 0. The Kier molecular flexibility index (Phi) is 2.26. The van der Waals surface area contributed by atoms with E-state index in [9.17, 15) is 8.78 Å². The molecule has 1 aromatic heterocycles. The van der Waals surface area contributed by atoms with Crippen molar-refractivity contribution < 1.29 is 18.8 Å². The molecule has 2 nitrogen and oxygen atoms in total. The number of benzene rings is 1. The van der Waals surface area contributed by atoms with Gasteiger partial charge in [-0.1, -0.05) is 6.07 Å². The second kappa shape index (κ2) is 3.31. The number of hydrogen-bond donors (Lipinski definition) is 2. The van der Waals surface area contributed by atoms with Gasteiger partial charge in [-0.15, -0.1) is 11.3 Å². The highest BCUT2D eigenvalue weighted by molar-refractivity contribution is 7.17. The van der Waals surface area contributed by atoms with Gasteiger partial charge in [0.05, 0.1) is 5.39 Å². The van der Waals surface area contributed by atoms with Crippen molar-refractivity contribution in [1.82, 2.24) is 0 Å². The van der Waals surface area contributed by atoms with Crippen LogP contribution in [0.1, 0.15) is 0 Å². The largest absolute Gasteiger partial charge is 0.491 e. The number of thiophene rings is 1. The molecule has 0 aliphatic carbocycles. The van der Waals surface area contributed by atoms with E-state index in [1.165, 1.54) is 17.5 Å². The lowest BCUT2D eigenvalue weighted by Crippen LogP contribution is -2.32. The molecule has 1 heterocycles. The van der Waals surface area contributed by atoms with Gasteiger partial charge in [0, 0.05) is 15.5 Å². The third-order valence-corrected chi connectivity index (χ3v) is 2.86. The van der Waals surface area contributed by atoms with Crippen molar-refractivity contribution in [1.29, 1.82) is 0 Å². The monoisotopic (exact) mass is 214 g/mol. The quantitative estimate of drug-likeness (QED) is 0.691. The van der Waals surface area contributed by atoms with Crippen LogP contribution in [0.3, 0.4) is 0 Å². The van der Waals surface area contributed by atoms with E-state index in [1.807, 2.05) is 0 Å². The van der Waals surface area contributed by atoms with Crippen LogP contribution in [0, 0.1) is 11.6 Å². The van der Waals surface area contributed by atoms with Crippen LogP contribution >= 0.6 is 11.3 Å². The predicted octanol–water partition coefficient (Wildman–Crippen LogP) is 0.859. The van der Waals surface area contributed by atoms with Crippen molar-refractivity contribution >= 4 is 34.0 Å². The average molecular weight is 214 g/mol. The third-order valence-electron chi connectivity index (χ3n) is 1.94. The minimum absolute atomic E-state index is 0.180. The Morgan fingerprint density at radius 1 is 1.21 bits per heavy atom. The molecule has 72 valence electrons. The summed E-state index contributed by atoms with van der Waals surface area (Å²) in [6.07, 6.45) is 0. The average Bonchev–Trinajstić information content (AvgIpc) is 2.48. The van der Waals surface area contributed by atoms with Gasteiger partial charge in [-0.2, -0.15) is 0 Å². The standard InChI is InChI=1S/C8H5BF2O2S/c10-5-3-14-6-2-1-4(9(12)13)8(11)7(5)6/h1-3,12-13H. The lowest BCUT2D eigenvalue weighted by Gasteiger charge is -2.01. The fourth-order valence-corrected chi connectivity index (χ4v) is 2.07. The van der Waals surface area contributed by atoms with Crippen LogP contribution in [0.5, 0.6) is 0 Å². The molecule has 0 spiro atoms. The van der Waals surface area contributed by atoms with Crippen LogP contribution in [0.15, 0.2) is 17.5 Å². The van der Waals surface area contributed by atoms with Crippen molar-refractivity contribution in [2.45, 2.75) is 0 Å². The molecular weight excluding hydrogens is 209 g/mol. The van der Waals surface area contributed by atoms with E-state index in [0.717, 1.165) is 11.3 Å². The topological polar surface area (TPSA) is 40.5 Å². The number of hydrogen-bond acceptors (Lipinski definition) is 3. The first-order chi connectivity index (χ1) is 6.61. The van der Waals surface area contributed by atoms with Gasteiger partial charge in [-0.25, -0.2) is 8.78 Å². The van der Waals surface area contributed by atoms with Gasteiger partial charge >= 0.3 is 7.12 Å². The Bertz CT molecular complexity index is 483. The minimum Gasteiger partial charge on any atom is -0.423 e. The van der Waals surface area contributed by atoms with Crippen molar-refractivity contribution in [2.24, 2.45) is 0 Å². The van der Waals surface area contributed by atoms with Gasteiger partial charge in [0.2, 0.25) is 0 Å². The minimum atomic E-state index is -1.92. The summed E-state index contributed by atoms with van der Waals surface area (Å²) in [7, 11) is -1.92. The van der Waals surface area contributed by atoms with Crippen LogP contribution in [0.4, 0.5) is 8.78 Å². The molecule has 0 bridgehead atoms. The molecule has 0 saturated carbocycles. The Morgan fingerprint density at radius 3 is 2.57 bits per heavy atom. The lowest BCUT2D eigenvalue weighted by molar-refractivity contribution is 0.423. The van der Waals surface area contributed by atoms with E-state index in [4.69, 9.17) is 10.0 Å². The van der Waals surface area contributed by atoms with E-state index in [-0.39, 0.29) is 10.8 Å². The third kappa shape index (κ3) is 1.32. The van der Waals surface area contributed by atoms with Crippen molar-refractivity contribution in [3.8, 4) is 0 Å². The molecule has 2 aromatic rings. The highest BCUT2D eigenvalue weighted by atomic mass is 32.1. The van der Waals surface area contributed by atoms with Gasteiger partial charge in [0.1, 0.15) is 11.6 Å². The first kappa shape index (κ1) is 9.58. The highest BCUT2D eigenvalue weighted by Crippen LogP contribution is 2.25. The summed E-state index contributed by atoms with van der Waals surface area (Å²) in [5, 5.41) is 18.6. The Morgan fingerprint density at radius 2 is 1.93 bits per heavy atom. The molecule has 0 aliphatic rings. The molecule has 1 aromatic carbocycles. The normalized spacial score (nSPS) is 10.9. The molecular formula is C8H5BF2O2S. The maximum absolute atomic E-state index is 13.5. The van der Waals surface area contributed by atoms with Crippen LogP contribution in [-0.2, 0) is 0 Å². The molecule has 2 rings (SSSR count). The van der Waals surface area contributed by atoms with Gasteiger partial charge < -0.3 is 10.0 Å². The van der Waals surface area contributed by atoms with Crippen LogP contribution < -0.4 is 5.46 Å². The number of halogens is 2. The fraction of sp³-hybridized carbons (Fsp3) is 0. The maximum atomic E-state index is 13.5. The smallest absolute Gasteiger partial charge is 0.423 e. The second-order valence-electron chi connectivity index (χ2n) is 2.80. The Labute approximate surface area is 82.6 Å². The van der Waals surface area contributed by atoms with E-state index in [0.29, 0.717) is 4.70 Å². The molecule has 0 radical (unpaired) electrons. The van der Waals surface area contributed by atoms with Gasteiger partial charge in [0.15, 0.2) is 0 Å². The first-order valence-corrected chi connectivity index (χ1v) is 4.70. The van der Waals surface area contributed by atoms with Gasteiger partial charge in [-0.05, 0) is 6.07 Å². The molecule has 0 unspecified atom stereocenters. The summed E-state index contributed by atoms with van der Waals surface area (Å²) in [6, 6.07) is 2.69. The van der Waals surface area contributed by atoms with E-state index >= 15 is 0 Å². The van der Waals surface area contributed by atoms with E-state index < -0.39 is 18.8 Å². The first-order valence-electron chi connectivity index (χ1n) is 3.82. The molecule has 14 heavy (non-hydrogen) atoms. The van der Waals surface area contributed by atoms with E-state index in [1.54, 1.807) is 0 Å². The molecule has 0 atom stereocenters. The zero-order valence-electron chi connectivity index (χ0n) is 6.87. The molecule has 6 heteroatoms. The Balaban J connectivity index is 2.79. The predicted molar refractivity (Wildman–Crippen MR) is 51.6 cm³/mol. The summed E-state index contributed by atoms with van der Waals surface area (Å²) in [6.45, 7) is 0. The zero-order chi connectivity index (χ0) is 10.3. The van der Waals surface area contributed by atoms with Gasteiger partial charge in [0.25, 0.3) is 0 Å². The van der Waals surface area contributed by atoms with Crippen molar-refractivity contribution in [3.63, 3.8) is 0 Å². The molecule has 0 saturated heterocycles. The Hall–Kier alpha value is -0.975. The van der Waals surface area contributed by atoms with Crippen LogP contribution in [0.2, 0.25) is 0 Å². The summed E-state index contributed by atoms with van der Waals surface area (Å²) in [5.74, 6) is -1.58. The molecule has 0 amide bonds. The van der Waals surface area contributed by atoms with Crippen molar-refractivity contribution in [3.05, 3.63) is 29.1 Å². The molecule has 0 aliphatic heterocycles. The van der Waals surface area contributed by atoms with E-state index in [2.05, 4.69) is 0 Å². The second-order valence-corrected chi connectivity index (χ2v) is 3.71. The zero-order valence-corrected chi connectivity index (χ0v) is 7.68. The maximum Gasteiger partial charge on any atom is 0.491 e. The number of rotatable bonds is 1. The number of fused-ring (bicyclic) bond motifs is 1. The summed E-state index contributed by atoms with van der Waals surface area (Å²) in [5.41, 5.74) is -0.310. The van der Waals surface area contributed by atoms with Crippen molar-refractivity contribution in [2.75, 3.05) is 0 Å². The van der Waals surface area contributed by atoms with Crippen LogP contribution in [-0.4, -0.2) is 17.2 Å². The SMILES string of the molecule is OB(O)c1ccc2scc(F)c2c1F. The summed E-state index contributed by atoms with van der Waals surface area (Å²) >= 11 is 1.07. The fourth-order valence-electron chi connectivity index (χ4n) is 1.27. The highest BCUT2D eigenvalue weighted by Gasteiger charge is 2.20. The molecule has 2 N–H and O–H groups in total. The summed E-state index contributed by atoms with van der Waals surface area (Å²) < 4.78 is 27.0.